The van der Waals surface area contributed by atoms with E-state index in [0.29, 0.717) is 24.5 Å². The molecule has 0 aromatic heterocycles. The first-order valence-corrected chi connectivity index (χ1v) is 13.0. The van der Waals surface area contributed by atoms with E-state index in [1.807, 2.05) is 45.0 Å². The van der Waals surface area contributed by atoms with Crippen molar-refractivity contribution in [2.45, 2.75) is 38.1 Å². The van der Waals surface area contributed by atoms with E-state index in [4.69, 9.17) is 9.47 Å². The number of anilines is 1. The predicted octanol–water partition coefficient (Wildman–Crippen LogP) is 4.87. The molecule has 3 rings (SSSR count). The van der Waals surface area contributed by atoms with E-state index >= 15 is 0 Å². The van der Waals surface area contributed by atoms with E-state index < -0.39 is 15.9 Å². The fraction of sp³-hybridized carbons (Fsp3) is 0.296. The average Bonchev–Trinajstić information content (AvgIpc) is 2.87. The van der Waals surface area contributed by atoms with Gasteiger partial charge in [0.15, 0.2) is 0 Å². The van der Waals surface area contributed by atoms with Crippen molar-refractivity contribution in [1.82, 2.24) is 5.32 Å². The molecule has 0 spiro atoms. The summed E-state index contributed by atoms with van der Waals surface area (Å²) >= 11 is 0. The summed E-state index contributed by atoms with van der Waals surface area (Å²) in [6.45, 7) is 5.85. The zero-order chi connectivity index (χ0) is 25.4. The number of rotatable bonds is 11. The van der Waals surface area contributed by atoms with Crippen molar-refractivity contribution >= 4 is 21.6 Å². The molecular weight excluding hydrogens is 464 g/mol. The van der Waals surface area contributed by atoms with Gasteiger partial charge < -0.3 is 14.8 Å². The normalized spacial score (nSPS) is 12.0. The Bertz CT molecular complexity index is 1210. The number of methoxy groups -OCH3 is 1. The van der Waals surface area contributed by atoms with Crippen LogP contribution in [0.2, 0.25) is 0 Å². The maximum atomic E-state index is 13.6. The van der Waals surface area contributed by atoms with Gasteiger partial charge in [0.25, 0.3) is 10.0 Å². The number of hydrogen-bond donors (Lipinski definition) is 1. The summed E-state index contributed by atoms with van der Waals surface area (Å²) in [5.74, 6) is 0.942. The van der Waals surface area contributed by atoms with E-state index in [1.165, 1.54) is 0 Å². The van der Waals surface area contributed by atoms with Crippen LogP contribution in [0, 0.1) is 6.92 Å². The summed E-state index contributed by atoms with van der Waals surface area (Å²) in [5, 5.41) is 2.97. The van der Waals surface area contributed by atoms with Crippen molar-refractivity contribution in [3.8, 4) is 11.5 Å². The number of hydrogen-bond acceptors (Lipinski definition) is 5. The second kappa shape index (κ2) is 11.8. The zero-order valence-electron chi connectivity index (χ0n) is 20.5. The molecule has 7 nitrogen and oxygen atoms in total. The highest BCUT2D eigenvalue weighted by molar-refractivity contribution is 7.92. The number of benzene rings is 3. The number of carbonyl (C=O) groups excluding carboxylic acids is 1. The molecule has 0 aliphatic heterocycles. The van der Waals surface area contributed by atoms with Gasteiger partial charge in [0.1, 0.15) is 18.0 Å². The predicted molar refractivity (Wildman–Crippen MR) is 137 cm³/mol. The molecule has 0 saturated carbocycles. The number of ether oxygens (including phenoxy) is 2. The summed E-state index contributed by atoms with van der Waals surface area (Å²) in [6, 6.07) is 20.4. The summed E-state index contributed by atoms with van der Waals surface area (Å²) in [7, 11) is -2.40. The third-order valence-electron chi connectivity index (χ3n) is 5.59. The first-order valence-electron chi connectivity index (χ1n) is 11.5. The molecule has 0 unspecified atom stereocenters. The molecule has 35 heavy (non-hydrogen) atoms. The molecule has 0 aliphatic carbocycles. The lowest BCUT2D eigenvalue weighted by atomic mass is 10.0. The Balaban J connectivity index is 1.89. The third kappa shape index (κ3) is 6.54. The molecule has 0 aliphatic rings. The number of aryl methyl sites for hydroxylation is 1. The largest absolute Gasteiger partial charge is 0.497 e. The summed E-state index contributed by atoms with van der Waals surface area (Å²) in [4.78, 5) is 13.2. The molecule has 1 N–H and O–H groups in total. The SMILES string of the molecule is CCOc1ccc(N(CC(=O)N[C@H](CC)c2ccc(OC)cc2)S(=O)(=O)c2ccc(C)cc2)cc1. The minimum atomic E-state index is -3.99. The molecule has 0 saturated heterocycles. The molecule has 0 bridgehead atoms. The number of nitrogens with zero attached hydrogens (tertiary/aromatic N) is 1. The zero-order valence-corrected chi connectivity index (χ0v) is 21.3. The summed E-state index contributed by atoms with van der Waals surface area (Å²) in [5.41, 5.74) is 2.23. The van der Waals surface area contributed by atoms with Crippen LogP contribution in [0.15, 0.2) is 77.7 Å². The van der Waals surface area contributed by atoms with Crippen LogP contribution in [0.5, 0.6) is 11.5 Å². The quantitative estimate of drug-likeness (QED) is 0.410. The van der Waals surface area contributed by atoms with Gasteiger partial charge in [0.2, 0.25) is 5.91 Å². The number of amides is 1. The van der Waals surface area contributed by atoms with Crippen molar-refractivity contribution < 1.29 is 22.7 Å². The Morgan fingerprint density at radius 3 is 2.06 bits per heavy atom. The van der Waals surface area contributed by atoms with E-state index in [-0.39, 0.29) is 17.5 Å². The van der Waals surface area contributed by atoms with E-state index in [9.17, 15) is 13.2 Å². The monoisotopic (exact) mass is 496 g/mol. The van der Waals surface area contributed by atoms with Crippen molar-refractivity contribution in [2.75, 3.05) is 24.6 Å². The Hall–Kier alpha value is -3.52. The van der Waals surface area contributed by atoms with E-state index in [0.717, 1.165) is 21.2 Å². The van der Waals surface area contributed by atoms with Crippen LogP contribution in [-0.4, -0.2) is 34.6 Å². The highest BCUT2D eigenvalue weighted by Gasteiger charge is 2.28. The lowest BCUT2D eigenvalue weighted by Crippen LogP contribution is -2.42. The molecule has 1 atom stereocenters. The Morgan fingerprint density at radius 1 is 0.914 bits per heavy atom. The van der Waals surface area contributed by atoms with E-state index in [2.05, 4.69) is 5.32 Å². The minimum absolute atomic E-state index is 0.118. The van der Waals surface area contributed by atoms with Crippen LogP contribution >= 0.6 is 0 Å². The van der Waals surface area contributed by atoms with Gasteiger partial charge >= 0.3 is 0 Å². The fourth-order valence-corrected chi connectivity index (χ4v) is 5.08. The Morgan fingerprint density at radius 2 is 1.51 bits per heavy atom. The van der Waals surface area contributed by atoms with Crippen LogP contribution in [0.4, 0.5) is 5.69 Å². The first kappa shape index (κ1) is 26.1. The Labute approximate surface area is 207 Å². The van der Waals surface area contributed by atoms with Gasteiger partial charge in [-0.15, -0.1) is 0 Å². The number of sulfonamides is 1. The summed E-state index contributed by atoms with van der Waals surface area (Å²) in [6.07, 6.45) is 0.645. The first-order chi connectivity index (χ1) is 16.8. The molecule has 0 heterocycles. The standard InChI is InChI=1S/C27H32N2O5S/c1-5-26(21-9-13-23(33-4)14-10-21)28-27(30)19-29(22-11-15-24(16-12-22)34-6-2)35(31,32)25-17-7-20(3)8-18-25/h7-18,26H,5-6,19H2,1-4H3,(H,28,30)/t26-/m1/s1. The number of nitrogens with one attached hydrogen (secondary N) is 1. The van der Waals surface area contributed by atoms with Gasteiger partial charge in [-0.2, -0.15) is 0 Å². The van der Waals surface area contributed by atoms with Gasteiger partial charge in [0, 0.05) is 0 Å². The van der Waals surface area contributed by atoms with Crippen molar-refractivity contribution in [3.63, 3.8) is 0 Å². The van der Waals surface area contributed by atoms with Gasteiger partial charge in [-0.1, -0.05) is 36.8 Å². The Kier molecular flexibility index (Phi) is 8.76. The van der Waals surface area contributed by atoms with Gasteiger partial charge in [-0.25, -0.2) is 8.42 Å². The molecule has 8 heteroatoms. The topological polar surface area (TPSA) is 84.9 Å². The maximum absolute atomic E-state index is 13.6. The highest BCUT2D eigenvalue weighted by atomic mass is 32.2. The second-order valence-corrected chi connectivity index (χ2v) is 9.92. The van der Waals surface area contributed by atoms with Crippen molar-refractivity contribution in [3.05, 3.63) is 83.9 Å². The van der Waals surface area contributed by atoms with Crippen LogP contribution in [0.3, 0.4) is 0 Å². The smallest absolute Gasteiger partial charge is 0.264 e. The maximum Gasteiger partial charge on any atom is 0.264 e. The average molecular weight is 497 g/mol. The fourth-order valence-electron chi connectivity index (χ4n) is 3.66. The lowest BCUT2D eigenvalue weighted by Gasteiger charge is -2.26. The third-order valence-corrected chi connectivity index (χ3v) is 7.38. The van der Waals surface area contributed by atoms with Crippen LogP contribution in [0.25, 0.3) is 0 Å². The molecule has 3 aromatic carbocycles. The number of carbonyl (C=O) groups is 1. The van der Waals surface area contributed by atoms with Crippen molar-refractivity contribution in [1.29, 1.82) is 0 Å². The van der Waals surface area contributed by atoms with Gasteiger partial charge in [-0.05, 0) is 74.4 Å². The highest BCUT2D eigenvalue weighted by Crippen LogP contribution is 2.27. The van der Waals surface area contributed by atoms with E-state index in [1.54, 1.807) is 55.6 Å². The lowest BCUT2D eigenvalue weighted by molar-refractivity contribution is -0.120. The van der Waals surface area contributed by atoms with Crippen LogP contribution in [-0.2, 0) is 14.8 Å². The van der Waals surface area contributed by atoms with Crippen molar-refractivity contribution in [2.24, 2.45) is 0 Å². The molecule has 3 aromatic rings. The molecule has 1 amide bonds. The second-order valence-electron chi connectivity index (χ2n) is 8.05. The molecular formula is C27H32N2O5S. The summed E-state index contributed by atoms with van der Waals surface area (Å²) < 4.78 is 39.0. The van der Waals surface area contributed by atoms with Gasteiger partial charge in [-0.3, -0.25) is 9.10 Å². The molecule has 186 valence electrons. The molecule has 0 fully saturated rings. The minimum Gasteiger partial charge on any atom is -0.497 e. The van der Waals surface area contributed by atoms with Gasteiger partial charge in [0.05, 0.1) is 30.3 Å². The molecule has 0 radical (unpaired) electrons. The van der Waals surface area contributed by atoms with Crippen LogP contribution in [0.1, 0.15) is 37.4 Å². The van der Waals surface area contributed by atoms with Crippen LogP contribution < -0.4 is 19.1 Å².